The second kappa shape index (κ2) is 6.70. The van der Waals surface area contributed by atoms with Gasteiger partial charge in [0.2, 0.25) is 5.91 Å². The van der Waals surface area contributed by atoms with E-state index in [0.717, 1.165) is 5.56 Å². The predicted octanol–water partition coefficient (Wildman–Crippen LogP) is 2.96. The van der Waals surface area contributed by atoms with Crippen LogP contribution in [0.15, 0.2) is 46.9 Å². The fraction of sp³-hybridized carbons (Fsp3) is 0.125. The molecule has 0 aliphatic heterocycles. The molecule has 0 fully saturated rings. The molecule has 0 atom stereocenters. The van der Waals surface area contributed by atoms with Gasteiger partial charge in [-0.2, -0.15) is 0 Å². The lowest BCUT2D eigenvalue weighted by Crippen LogP contribution is -2.26. The summed E-state index contributed by atoms with van der Waals surface area (Å²) in [7, 11) is 1.63. The Labute approximate surface area is 135 Å². The van der Waals surface area contributed by atoms with E-state index in [1.807, 2.05) is 0 Å². The van der Waals surface area contributed by atoms with Gasteiger partial charge in [0, 0.05) is 23.6 Å². The lowest BCUT2D eigenvalue weighted by molar-refractivity contribution is 0.0784. The van der Waals surface area contributed by atoms with E-state index in [1.54, 1.807) is 31.3 Å². The fourth-order valence-corrected chi connectivity index (χ4v) is 2.56. The first-order chi connectivity index (χ1) is 10.4. The minimum Gasteiger partial charge on any atom is -0.366 e. The van der Waals surface area contributed by atoms with Crippen molar-refractivity contribution in [3.8, 4) is 0 Å². The highest BCUT2D eigenvalue weighted by atomic mass is 79.9. The summed E-state index contributed by atoms with van der Waals surface area (Å²) in [5, 5.41) is 0. The van der Waals surface area contributed by atoms with Crippen LogP contribution < -0.4 is 5.73 Å². The SMILES string of the molecule is CN(Cc1cccc(C(N)=O)c1)C(=O)c1ccc(F)cc1Br. The number of carbonyl (C=O) groups is 2. The first-order valence-electron chi connectivity index (χ1n) is 6.47. The Hall–Kier alpha value is -2.21. The lowest BCUT2D eigenvalue weighted by atomic mass is 10.1. The summed E-state index contributed by atoms with van der Waals surface area (Å²) in [5.41, 5.74) is 6.78. The molecule has 2 rings (SSSR count). The highest BCUT2D eigenvalue weighted by Gasteiger charge is 2.16. The Balaban J connectivity index is 2.18. The standard InChI is InChI=1S/C16H14BrFN2O2/c1-20(9-10-3-2-4-11(7-10)15(19)21)16(22)13-6-5-12(18)8-14(13)17/h2-8H,9H2,1H3,(H2,19,21). The molecule has 2 aromatic carbocycles. The van der Waals surface area contributed by atoms with Gasteiger partial charge in [0.15, 0.2) is 0 Å². The number of hydrogen-bond acceptors (Lipinski definition) is 2. The van der Waals surface area contributed by atoms with Gasteiger partial charge < -0.3 is 10.6 Å². The van der Waals surface area contributed by atoms with Gasteiger partial charge in [0.25, 0.3) is 5.91 Å². The van der Waals surface area contributed by atoms with Crippen LogP contribution in [0, 0.1) is 5.82 Å². The number of benzene rings is 2. The number of amides is 2. The summed E-state index contributed by atoms with van der Waals surface area (Å²) >= 11 is 3.18. The first kappa shape index (κ1) is 16.2. The molecular weight excluding hydrogens is 351 g/mol. The van der Waals surface area contributed by atoms with Crippen LogP contribution in [0.4, 0.5) is 4.39 Å². The Morgan fingerprint density at radius 2 is 1.95 bits per heavy atom. The maximum Gasteiger partial charge on any atom is 0.255 e. The molecule has 2 aromatic rings. The van der Waals surface area contributed by atoms with E-state index >= 15 is 0 Å². The van der Waals surface area contributed by atoms with E-state index in [2.05, 4.69) is 15.9 Å². The maximum absolute atomic E-state index is 13.1. The average Bonchev–Trinajstić information content (AvgIpc) is 2.46. The van der Waals surface area contributed by atoms with Gasteiger partial charge in [-0.15, -0.1) is 0 Å². The van der Waals surface area contributed by atoms with Gasteiger partial charge in [-0.3, -0.25) is 9.59 Å². The van der Waals surface area contributed by atoms with E-state index in [4.69, 9.17) is 5.73 Å². The van der Waals surface area contributed by atoms with Crippen LogP contribution in [0.2, 0.25) is 0 Å². The molecule has 2 N–H and O–H groups in total. The Kier molecular flexibility index (Phi) is 4.92. The van der Waals surface area contributed by atoms with Crippen LogP contribution in [0.25, 0.3) is 0 Å². The second-order valence-electron chi connectivity index (χ2n) is 4.85. The molecule has 0 heterocycles. The van der Waals surface area contributed by atoms with Crippen LogP contribution in [0.5, 0.6) is 0 Å². The van der Waals surface area contributed by atoms with Crippen LogP contribution >= 0.6 is 15.9 Å². The fourth-order valence-electron chi connectivity index (χ4n) is 2.04. The number of rotatable bonds is 4. The Morgan fingerprint density at radius 1 is 1.23 bits per heavy atom. The molecular formula is C16H14BrFN2O2. The third kappa shape index (κ3) is 3.71. The molecule has 22 heavy (non-hydrogen) atoms. The van der Waals surface area contributed by atoms with Crippen LogP contribution in [-0.2, 0) is 6.54 Å². The van der Waals surface area contributed by atoms with Crippen LogP contribution in [0.1, 0.15) is 26.3 Å². The topological polar surface area (TPSA) is 63.4 Å². The summed E-state index contributed by atoms with van der Waals surface area (Å²) in [4.78, 5) is 25.0. The summed E-state index contributed by atoms with van der Waals surface area (Å²) in [6.07, 6.45) is 0. The largest absolute Gasteiger partial charge is 0.366 e. The molecule has 0 radical (unpaired) electrons. The predicted molar refractivity (Wildman–Crippen MR) is 84.9 cm³/mol. The smallest absolute Gasteiger partial charge is 0.255 e. The number of nitrogens with zero attached hydrogens (tertiary/aromatic N) is 1. The zero-order chi connectivity index (χ0) is 16.3. The normalized spacial score (nSPS) is 10.3. The van der Waals surface area contributed by atoms with E-state index in [0.29, 0.717) is 22.1 Å². The van der Waals surface area contributed by atoms with Crippen molar-refractivity contribution in [2.24, 2.45) is 5.73 Å². The highest BCUT2D eigenvalue weighted by molar-refractivity contribution is 9.10. The van der Waals surface area contributed by atoms with Crippen molar-refractivity contribution in [2.75, 3.05) is 7.05 Å². The molecule has 0 aliphatic rings. The van der Waals surface area contributed by atoms with E-state index in [1.165, 1.54) is 23.1 Å². The van der Waals surface area contributed by atoms with E-state index < -0.39 is 11.7 Å². The zero-order valence-corrected chi connectivity index (χ0v) is 13.4. The number of carbonyl (C=O) groups excluding carboxylic acids is 2. The maximum atomic E-state index is 13.1. The van der Waals surface area contributed by atoms with E-state index in [9.17, 15) is 14.0 Å². The number of halogens is 2. The summed E-state index contributed by atoms with van der Waals surface area (Å²) in [6, 6.07) is 10.7. The van der Waals surface area contributed by atoms with Crippen molar-refractivity contribution < 1.29 is 14.0 Å². The lowest BCUT2D eigenvalue weighted by Gasteiger charge is -2.18. The zero-order valence-electron chi connectivity index (χ0n) is 11.8. The van der Waals surface area contributed by atoms with Gasteiger partial charge in [0.05, 0.1) is 5.56 Å². The van der Waals surface area contributed by atoms with E-state index in [-0.39, 0.29) is 5.91 Å². The van der Waals surface area contributed by atoms with Gasteiger partial charge in [-0.05, 0) is 51.8 Å². The van der Waals surface area contributed by atoms with Crippen molar-refractivity contribution in [3.63, 3.8) is 0 Å². The van der Waals surface area contributed by atoms with Crippen LogP contribution in [0.3, 0.4) is 0 Å². The number of nitrogens with two attached hydrogens (primary N) is 1. The summed E-state index contributed by atoms with van der Waals surface area (Å²) < 4.78 is 13.5. The summed E-state index contributed by atoms with van der Waals surface area (Å²) in [5.74, 6) is -1.19. The third-order valence-electron chi connectivity index (χ3n) is 3.14. The molecule has 6 heteroatoms. The van der Waals surface area contributed by atoms with Gasteiger partial charge >= 0.3 is 0 Å². The number of primary amides is 1. The molecule has 0 aliphatic carbocycles. The molecule has 0 saturated carbocycles. The Morgan fingerprint density at radius 3 is 2.59 bits per heavy atom. The molecule has 4 nitrogen and oxygen atoms in total. The Bertz CT molecular complexity index is 734. The average molecular weight is 365 g/mol. The highest BCUT2D eigenvalue weighted by Crippen LogP contribution is 2.20. The van der Waals surface area contributed by atoms with Crippen molar-refractivity contribution >= 4 is 27.7 Å². The van der Waals surface area contributed by atoms with Gasteiger partial charge in [0.1, 0.15) is 5.82 Å². The minimum absolute atomic E-state index is 0.253. The second-order valence-corrected chi connectivity index (χ2v) is 5.70. The molecule has 0 unspecified atom stereocenters. The molecule has 0 aromatic heterocycles. The molecule has 0 bridgehead atoms. The molecule has 114 valence electrons. The van der Waals surface area contributed by atoms with Crippen molar-refractivity contribution in [2.45, 2.75) is 6.54 Å². The molecule has 0 saturated heterocycles. The van der Waals surface area contributed by atoms with Gasteiger partial charge in [-0.25, -0.2) is 4.39 Å². The van der Waals surface area contributed by atoms with Crippen molar-refractivity contribution in [1.82, 2.24) is 4.90 Å². The minimum atomic E-state index is -0.517. The monoisotopic (exact) mass is 364 g/mol. The first-order valence-corrected chi connectivity index (χ1v) is 7.27. The van der Waals surface area contributed by atoms with Crippen molar-refractivity contribution in [3.05, 3.63) is 69.4 Å². The quantitative estimate of drug-likeness (QED) is 0.906. The summed E-state index contributed by atoms with van der Waals surface area (Å²) in [6.45, 7) is 0.309. The molecule has 0 spiro atoms. The number of hydrogen-bond donors (Lipinski definition) is 1. The van der Waals surface area contributed by atoms with Crippen LogP contribution in [-0.4, -0.2) is 23.8 Å². The third-order valence-corrected chi connectivity index (χ3v) is 3.80. The van der Waals surface area contributed by atoms with Crippen molar-refractivity contribution in [1.29, 1.82) is 0 Å². The van der Waals surface area contributed by atoms with Gasteiger partial charge in [-0.1, -0.05) is 12.1 Å². The molecule has 2 amide bonds.